The molecule has 0 bridgehead atoms. The van der Waals surface area contributed by atoms with Gasteiger partial charge in [-0.3, -0.25) is 0 Å². The molecule has 0 amide bonds. The van der Waals surface area contributed by atoms with E-state index < -0.39 is 0 Å². The van der Waals surface area contributed by atoms with Crippen molar-refractivity contribution in [2.75, 3.05) is 5.32 Å². The number of nitrogens with one attached hydrogen (secondary N) is 1. The molecule has 3 aromatic carbocycles. The van der Waals surface area contributed by atoms with Gasteiger partial charge in [-0.15, -0.1) is 0 Å². The molecule has 0 aromatic heterocycles. The van der Waals surface area contributed by atoms with Crippen LogP contribution in [0, 0.1) is 5.82 Å². The lowest BCUT2D eigenvalue weighted by Gasteiger charge is -2.14. The Balaban J connectivity index is 1.75. The minimum atomic E-state index is -0.367. The first-order valence-electron chi connectivity index (χ1n) is 7.76. The predicted octanol–water partition coefficient (Wildman–Crippen LogP) is 6.43. The van der Waals surface area contributed by atoms with Crippen LogP contribution in [0.15, 0.2) is 71.2 Å². The van der Waals surface area contributed by atoms with Gasteiger partial charge in [-0.05, 0) is 42.5 Å². The molecule has 0 heterocycles. The number of anilines is 1. The third-order valence-corrected chi connectivity index (χ3v) is 4.56. The van der Waals surface area contributed by atoms with E-state index in [9.17, 15) is 4.39 Å². The van der Waals surface area contributed by atoms with E-state index in [4.69, 9.17) is 16.3 Å². The highest BCUT2D eigenvalue weighted by Crippen LogP contribution is 2.27. The summed E-state index contributed by atoms with van der Waals surface area (Å²) in [5.41, 5.74) is 2.34. The van der Waals surface area contributed by atoms with Gasteiger partial charge >= 0.3 is 0 Å². The fourth-order valence-corrected chi connectivity index (χ4v) is 3.03. The van der Waals surface area contributed by atoms with Gasteiger partial charge in [-0.1, -0.05) is 51.8 Å². The molecule has 25 heavy (non-hydrogen) atoms. The smallest absolute Gasteiger partial charge is 0.131 e. The Bertz CT molecular complexity index is 837. The summed E-state index contributed by atoms with van der Waals surface area (Å²) >= 11 is 9.54. The van der Waals surface area contributed by atoms with Gasteiger partial charge in [0.15, 0.2) is 0 Å². The van der Waals surface area contributed by atoms with E-state index in [0.29, 0.717) is 22.9 Å². The lowest BCUT2D eigenvalue weighted by Crippen LogP contribution is -2.05. The summed E-state index contributed by atoms with van der Waals surface area (Å²) in [7, 11) is 0. The number of para-hydroxylation sites is 1. The van der Waals surface area contributed by atoms with Crippen molar-refractivity contribution in [2.24, 2.45) is 0 Å². The predicted molar refractivity (Wildman–Crippen MR) is 104 cm³/mol. The first-order valence-corrected chi connectivity index (χ1v) is 8.93. The monoisotopic (exact) mass is 419 g/mol. The van der Waals surface area contributed by atoms with Crippen molar-refractivity contribution in [2.45, 2.75) is 13.2 Å². The maximum atomic E-state index is 13.9. The van der Waals surface area contributed by atoms with Gasteiger partial charge < -0.3 is 10.1 Å². The van der Waals surface area contributed by atoms with Crippen LogP contribution < -0.4 is 10.1 Å². The van der Waals surface area contributed by atoms with Crippen LogP contribution in [0.5, 0.6) is 5.75 Å². The summed E-state index contributed by atoms with van der Waals surface area (Å²) < 4.78 is 20.7. The van der Waals surface area contributed by atoms with Crippen molar-refractivity contribution >= 4 is 33.2 Å². The largest absolute Gasteiger partial charge is 0.488 e. The van der Waals surface area contributed by atoms with Crippen LogP contribution >= 0.6 is 27.5 Å². The lowest BCUT2D eigenvalue weighted by atomic mass is 10.2. The normalized spacial score (nSPS) is 10.5. The van der Waals surface area contributed by atoms with Crippen molar-refractivity contribution in [1.29, 1.82) is 0 Å². The van der Waals surface area contributed by atoms with Crippen LogP contribution in [-0.4, -0.2) is 0 Å². The van der Waals surface area contributed by atoms with Crippen molar-refractivity contribution in [3.8, 4) is 5.75 Å². The Morgan fingerprint density at radius 3 is 2.56 bits per heavy atom. The van der Waals surface area contributed by atoms with E-state index in [1.807, 2.05) is 48.5 Å². The van der Waals surface area contributed by atoms with Gasteiger partial charge in [0, 0.05) is 27.8 Å². The highest BCUT2D eigenvalue weighted by atomic mass is 79.9. The second kappa shape index (κ2) is 8.37. The van der Waals surface area contributed by atoms with Crippen molar-refractivity contribution in [3.63, 3.8) is 0 Å². The molecule has 5 heteroatoms. The zero-order valence-corrected chi connectivity index (χ0v) is 15.6. The number of rotatable bonds is 6. The Labute approximate surface area is 159 Å². The number of hydrogen-bond acceptors (Lipinski definition) is 2. The summed E-state index contributed by atoms with van der Waals surface area (Å²) in [5, 5.41) is 3.71. The average molecular weight is 421 g/mol. The molecule has 3 rings (SSSR count). The van der Waals surface area contributed by atoms with E-state index in [1.54, 1.807) is 12.1 Å². The van der Waals surface area contributed by atoms with E-state index >= 15 is 0 Å². The third kappa shape index (κ3) is 4.74. The molecule has 0 saturated heterocycles. The minimum Gasteiger partial charge on any atom is -0.488 e. The Morgan fingerprint density at radius 1 is 1.00 bits per heavy atom. The summed E-state index contributed by atoms with van der Waals surface area (Å²) in [4.78, 5) is 0. The Morgan fingerprint density at radius 2 is 1.80 bits per heavy atom. The SMILES string of the molecule is Fc1cccc(Cl)c1COc1ccc(Br)cc1CNc1ccccc1. The van der Waals surface area contributed by atoms with Gasteiger partial charge in [0.25, 0.3) is 0 Å². The highest BCUT2D eigenvalue weighted by molar-refractivity contribution is 9.10. The summed E-state index contributed by atoms with van der Waals surface area (Å²) in [6, 6.07) is 20.3. The fourth-order valence-electron chi connectivity index (χ4n) is 2.40. The molecule has 0 unspecified atom stereocenters. The zero-order valence-electron chi connectivity index (χ0n) is 13.3. The zero-order chi connectivity index (χ0) is 17.6. The highest BCUT2D eigenvalue weighted by Gasteiger charge is 2.10. The topological polar surface area (TPSA) is 21.3 Å². The quantitative estimate of drug-likeness (QED) is 0.496. The number of ether oxygens (including phenoxy) is 1. The number of hydrogen-bond donors (Lipinski definition) is 1. The second-order valence-electron chi connectivity index (χ2n) is 5.46. The van der Waals surface area contributed by atoms with Crippen molar-refractivity contribution < 1.29 is 9.13 Å². The molecular formula is C20H16BrClFNO. The van der Waals surface area contributed by atoms with Gasteiger partial charge in [0.2, 0.25) is 0 Å². The molecule has 1 N–H and O–H groups in total. The first kappa shape index (κ1) is 17.8. The van der Waals surface area contributed by atoms with E-state index in [2.05, 4.69) is 21.2 Å². The molecule has 3 aromatic rings. The van der Waals surface area contributed by atoms with Crippen molar-refractivity contribution in [1.82, 2.24) is 0 Å². The molecule has 0 aliphatic carbocycles. The van der Waals surface area contributed by atoms with Crippen LogP contribution in [0.4, 0.5) is 10.1 Å². The molecule has 0 spiro atoms. The number of halogens is 3. The van der Waals surface area contributed by atoms with Gasteiger partial charge in [0.1, 0.15) is 18.2 Å². The summed E-state index contributed by atoms with van der Waals surface area (Å²) in [6.07, 6.45) is 0. The van der Waals surface area contributed by atoms with E-state index in [-0.39, 0.29) is 12.4 Å². The lowest BCUT2D eigenvalue weighted by molar-refractivity contribution is 0.297. The van der Waals surface area contributed by atoms with E-state index in [0.717, 1.165) is 15.7 Å². The van der Waals surface area contributed by atoms with Crippen molar-refractivity contribution in [3.05, 3.63) is 93.2 Å². The van der Waals surface area contributed by atoms with Crippen LogP contribution in [0.25, 0.3) is 0 Å². The average Bonchev–Trinajstić information content (AvgIpc) is 2.62. The van der Waals surface area contributed by atoms with Gasteiger partial charge in [-0.25, -0.2) is 4.39 Å². The fraction of sp³-hybridized carbons (Fsp3) is 0.100. The van der Waals surface area contributed by atoms with Gasteiger partial charge in [-0.2, -0.15) is 0 Å². The molecule has 0 aliphatic heterocycles. The second-order valence-corrected chi connectivity index (χ2v) is 6.78. The first-order chi connectivity index (χ1) is 12.1. The molecule has 0 saturated carbocycles. The summed E-state index contributed by atoms with van der Waals surface area (Å²) in [5.74, 6) is 0.319. The summed E-state index contributed by atoms with van der Waals surface area (Å²) in [6.45, 7) is 0.662. The molecule has 2 nitrogen and oxygen atoms in total. The van der Waals surface area contributed by atoms with Crippen LogP contribution in [0.1, 0.15) is 11.1 Å². The van der Waals surface area contributed by atoms with Crippen LogP contribution in [0.3, 0.4) is 0 Å². The maximum Gasteiger partial charge on any atom is 0.131 e. The Kier molecular flexibility index (Phi) is 5.95. The molecule has 0 fully saturated rings. The van der Waals surface area contributed by atoms with Gasteiger partial charge in [0.05, 0.1) is 5.02 Å². The minimum absolute atomic E-state index is 0.0749. The molecule has 128 valence electrons. The molecule has 0 aliphatic rings. The third-order valence-electron chi connectivity index (χ3n) is 3.71. The molecule has 0 atom stereocenters. The maximum absolute atomic E-state index is 13.9. The molecular weight excluding hydrogens is 405 g/mol. The standard InChI is InChI=1S/C20H16BrClFNO/c21-15-9-10-20(25-13-17-18(22)7-4-8-19(17)23)14(11-15)12-24-16-5-2-1-3-6-16/h1-11,24H,12-13H2. The van der Waals surface area contributed by atoms with E-state index in [1.165, 1.54) is 6.07 Å². The van der Waals surface area contributed by atoms with Crippen LogP contribution in [-0.2, 0) is 13.2 Å². The van der Waals surface area contributed by atoms with Crippen LogP contribution in [0.2, 0.25) is 5.02 Å². The Hall–Kier alpha value is -2.04. The molecule has 0 radical (unpaired) electrons. The number of benzene rings is 3.